The van der Waals surface area contributed by atoms with E-state index in [4.69, 9.17) is 4.74 Å². The molecule has 2 aromatic rings. The van der Waals surface area contributed by atoms with Crippen molar-refractivity contribution in [2.45, 2.75) is 64.0 Å². The summed E-state index contributed by atoms with van der Waals surface area (Å²) in [6, 6.07) is 6.75. The Morgan fingerprint density at radius 1 is 1.15 bits per heavy atom. The van der Waals surface area contributed by atoms with E-state index in [2.05, 4.69) is 5.32 Å². The average molecular weight is 481 g/mol. The van der Waals surface area contributed by atoms with Gasteiger partial charge in [0.2, 0.25) is 0 Å². The van der Waals surface area contributed by atoms with Crippen molar-refractivity contribution in [3.63, 3.8) is 0 Å². The zero-order valence-electron chi connectivity index (χ0n) is 19.2. The molecule has 1 aromatic carbocycles. The molecule has 6 nitrogen and oxygen atoms in total. The normalized spacial score (nSPS) is 19.9. The number of alkyl halides is 3. The number of ether oxygens (including phenoxy) is 1. The number of benzene rings is 1. The van der Waals surface area contributed by atoms with E-state index in [-0.39, 0.29) is 43.0 Å². The lowest BCUT2D eigenvalue weighted by atomic mass is 9.82. The van der Waals surface area contributed by atoms with Crippen molar-refractivity contribution in [3.05, 3.63) is 53.1 Å². The highest BCUT2D eigenvalue weighted by Gasteiger charge is 2.47. The highest BCUT2D eigenvalue weighted by Crippen LogP contribution is 2.39. The molecule has 1 N–H and O–H groups in total. The third-order valence-corrected chi connectivity index (χ3v) is 6.39. The fourth-order valence-corrected chi connectivity index (χ4v) is 4.97. The molecule has 2 aliphatic rings. The Hall–Kier alpha value is -2.88. The number of Topliss-reactive ketones (excluding diaryl/α,β-unsaturated/α-hetero) is 1. The van der Waals surface area contributed by atoms with Gasteiger partial charge < -0.3 is 19.5 Å². The molecule has 0 bridgehead atoms. The number of ketones is 1. The van der Waals surface area contributed by atoms with Gasteiger partial charge in [-0.15, -0.1) is 0 Å². The molecule has 0 unspecified atom stereocenters. The molecule has 2 aliphatic heterocycles. The largest absolute Gasteiger partial charge is 0.491 e. The van der Waals surface area contributed by atoms with Gasteiger partial charge in [-0.05, 0) is 57.9 Å². The van der Waals surface area contributed by atoms with E-state index in [1.165, 1.54) is 22.8 Å². The Morgan fingerprint density at radius 3 is 2.41 bits per heavy atom. The van der Waals surface area contributed by atoms with Crippen molar-refractivity contribution in [2.75, 3.05) is 13.1 Å². The summed E-state index contributed by atoms with van der Waals surface area (Å²) in [4.78, 5) is 26.5. The lowest BCUT2D eigenvalue weighted by molar-refractivity contribution is -0.0891. The fourth-order valence-electron chi connectivity index (χ4n) is 4.97. The minimum Gasteiger partial charge on any atom is -0.491 e. The Bertz CT molecular complexity index is 1100. The molecule has 1 atom stereocenters. The first kappa shape index (κ1) is 24.3. The number of piperidine rings is 1. The molecule has 1 fully saturated rings. The third-order valence-electron chi connectivity index (χ3n) is 6.39. The summed E-state index contributed by atoms with van der Waals surface area (Å²) >= 11 is 0. The highest BCUT2D eigenvalue weighted by atomic mass is 19.4. The van der Waals surface area contributed by atoms with Crippen molar-refractivity contribution >= 4 is 11.7 Å². The maximum Gasteiger partial charge on any atom is 0.456 e. The van der Waals surface area contributed by atoms with Crippen molar-refractivity contribution in [2.24, 2.45) is 0 Å². The van der Waals surface area contributed by atoms with Gasteiger partial charge in [-0.25, -0.2) is 4.39 Å². The molecule has 0 aliphatic carbocycles. The molecule has 1 saturated heterocycles. The topological polar surface area (TPSA) is 63.6 Å². The number of carbonyl (C=O) groups excluding carboxylic acids is 2. The van der Waals surface area contributed by atoms with Crippen LogP contribution in [0.2, 0.25) is 0 Å². The lowest BCUT2D eigenvalue weighted by Gasteiger charge is -2.47. The molecular weight excluding hydrogens is 454 g/mol. The fraction of sp³-hybridized carbons (Fsp3) is 0.500. The van der Waals surface area contributed by atoms with E-state index >= 15 is 0 Å². The second-order valence-corrected chi connectivity index (χ2v) is 9.27. The van der Waals surface area contributed by atoms with Crippen LogP contribution in [0.25, 0.3) is 0 Å². The Kier molecular flexibility index (Phi) is 6.22. The number of nitrogens with zero attached hydrogens (tertiary/aromatic N) is 2. The van der Waals surface area contributed by atoms with Crippen LogP contribution in [0.3, 0.4) is 0 Å². The molecule has 3 heterocycles. The predicted octanol–water partition coefficient (Wildman–Crippen LogP) is 4.28. The van der Waals surface area contributed by atoms with Crippen LogP contribution in [0.5, 0.6) is 5.75 Å². The van der Waals surface area contributed by atoms with E-state index in [0.29, 0.717) is 24.3 Å². The zero-order valence-corrected chi connectivity index (χ0v) is 19.2. The maximum atomic E-state index is 14.6. The SMILES string of the molecule is CC(C)Oc1ccc(C(=O)N2CCC3(CC2)N[C@@H](C)Cn2c(C(=O)C(F)(F)F)ccc23)c(F)c1. The minimum absolute atomic E-state index is 0.0570. The van der Waals surface area contributed by atoms with E-state index in [1.54, 1.807) is 17.0 Å². The van der Waals surface area contributed by atoms with Gasteiger partial charge in [-0.3, -0.25) is 9.59 Å². The monoisotopic (exact) mass is 481 g/mol. The van der Waals surface area contributed by atoms with Crippen LogP contribution in [0.4, 0.5) is 17.6 Å². The van der Waals surface area contributed by atoms with Gasteiger partial charge in [0, 0.05) is 37.4 Å². The quantitative estimate of drug-likeness (QED) is 0.523. The summed E-state index contributed by atoms with van der Waals surface area (Å²) in [6.07, 6.45) is -4.24. The van der Waals surface area contributed by atoms with Gasteiger partial charge in [-0.1, -0.05) is 0 Å². The molecule has 184 valence electrons. The molecule has 1 amide bonds. The number of carbonyl (C=O) groups is 2. The number of rotatable bonds is 4. The van der Waals surface area contributed by atoms with Gasteiger partial charge in [0.15, 0.2) is 0 Å². The average Bonchev–Trinajstić information content (AvgIpc) is 3.16. The number of amides is 1. The summed E-state index contributed by atoms with van der Waals surface area (Å²) in [6.45, 7) is 6.30. The standard InChI is InChI=1S/C24H27F4N3O3/c1-14(2)34-16-4-5-17(18(25)12-16)22(33)30-10-8-23(9-11-30)20-7-6-19(21(32)24(26,27)28)31(20)13-15(3)29-23/h4-7,12,14-15,29H,8-11,13H2,1-3H3/t15-/m0/s1. The molecule has 1 aromatic heterocycles. The third kappa shape index (κ3) is 4.43. The molecule has 0 saturated carbocycles. The van der Waals surface area contributed by atoms with Crippen LogP contribution in [-0.4, -0.2) is 52.6 Å². The zero-order chi connectivity index (χ0) is 24.8. The predicted molar refractivity (Wildman–Crippen MR) is 116 cm³/mol. The van der Waals surface area contributed by atoms with Crippen LogP contribution >= 0.6 is 0 Å². The number of hydrogen-bond donors (Lipinski definition) is 1. The first-order valence-electron chi connectivity index (χ1n) is 11.3. The van der Waals surface area contributed by atoms with Crippen LogP contribution in [-0.2, 0) is 12.1 Å². The lowest BCUT2D eigenvalue weighted by Crippen LogP contribution is -2.59. The van der Waals surface area contributed by atoms with Crippen molar-refractivity contribution in [1.29, 1.82) is 0 Å². The van der Waals surface area contributed by atoms with Crippen LogP contribution in [0, 0.1) is 5.82 Å². The number of hydrogen-bond acceptors (Lipinski definition) is 4. The summed E-state index contributed by atoms with van der Waals surface area (Å²) in [7, 11) is 0. The first-order chi connectivity index (χ1) is 15.9. The van der Waals surface area contributed by atoms with Crippen molar-refractivity contribution in [3.8, 4) is 5.75 Å². The number of likely N-dealkylation sites (tertiary alicyclic amines) is 1. The summed E-state index contributed by atoms with van der Waals surface area (Å²) in [5, 5.41) is 3.47. The van der Waals surface area contributed by atoms with E-state index in [1.807, 2.05) is 20.8 Å². The summed E-state index contributed by atoms with van der Waals surface area (Å²) < 4.78 is 60.7. The van der Waals surface area contributed by atoms with E-state index in [9.17, 15) is 27.2 Å². The number of fused-ring (bicyclic) bond motifs is 2. The molecule has 1 spiro atoms. The smallest absolute Gasteiger partial charge is 0.456 e. The number of halogens is 4. The van der Waals surface area contributed by atoms with Gasteiger partial charge in [0.25, 0.3) is 11.7 Å². The Labute approximate surface area is 194 Å². The van der Waals surface area contributed by atoms with E-state index < -0.39 is 29.2 Å². The molecule has 4 rings (SSSR count). The van der Waals surface area contributed by atoms with Crippen LogP contribution < -0.4 is 10.1 Å². The van der Waals surface area contributed by atoms with Crippen molar-refractivity contribution in [1.82, 2.24) is 14.8 Å². The van der Waals surface area contributed by atoms with Crippen LogP contribution in [0.1, 0.15) is 60.2 Å². The van der Waals surface area contributed by atoms with Gasteiger partial charge in [0.1, 0.15) is 11.6 Å². The van der Waals surface area contributed by atoms with Crippen molar-refractivity contribution < 1.29 is 31.9 Å². The Morgan fingerprint density at radius 2 is 1.82 bits per heavy atom. The second-order valence-electron chi connectivity index (χ2n) is 9.27. The van der Waals surface area contributed by atoms with E-state index in [0.717, 1.165) is 0 Å². The van der Waals surface area contributed by atoms with Gasteiger partial charge in [-0.2, -0.15) is 13.2 Å². The molecular formula is C24H27F4N3O3. The van der Waals surface area contributed by atoms with Gasteiger partial charge in [0.05, 0.1) is 22.9 Å². The molecule has 0 radical (unpaired) electrons. The molecule has 34 heavy (non-hydrogen) atoms. The number of aromatic nitrogens is 1. The Balaban J connectivity index is 1.53. The summed E-state index contributed by atoms with van der Waals surface area (Å²) in [5.41, 5.74) is -0.504. The number of nitrogens with one attached hydrogen (secondary N) is 1. The minimum atomic E-state index is -4.95. The summed E-state index contributed by atoms with van der Waals surface area (Å²) in [5.74, 6) is -2.64. The molecule has 10 heteroatoms. The maximum absolute atomic E-state index is 14.6. The second kappa shape index (κ2) is 8.72. The van der Waals surface area contributed by atoms with Gasteiger partial charge >= 0.3 is 6.18 Å². The van der Waals surface area contributed by atoms with Crippen LogP contribution in [0.15, 0.2) is 30.3 Å². The first-order valence-corrected chi connectivity index (χ1v) is 11.3. The highest BCUT2D eigenvalue weighted by molar-refractivity contribution is 5.99.